The Bertz CT molecular complexity index is 420. The van der Waals surface area contributed by atoms with Crippen molar-refractivity contribution < 1.29 is 9.85 Å². The summed E-state index contributed by atoms with van der Waals surface area (Å²) in [5.41, 5.74) is 4.97. The maximum atomic E-state index is 10.3. The Labute approximate surface area is 81.6 Å². The van der Waals surface area contributed by atoms with E-state index in [1.807, 2.05) is 0 Å². The molecule has 1 aromatic rings. The van der Waals surface area contributed by atoms with Crippen molar-refractivity contribution in [3.8, 4) is 0 Å². The van der Waals surface area contributed by atoms with Gasteiger partial charge >= 0.3 is 11.6 Å². The van der Waals surface area contributed by atoms with Crippen molar-refractivity contribution in [1.29, 1.82) is 0 Å². The molecule has 0 aromatic carbocycles. The van der Waals surface area contributed by atoms with Crippen molar-refractivity contribution >= 4 is 28.9 Å². The molecule has 1 rings (SSSR count). The van der Waals surface area contributed by atoms with Crippen LogP contribution in [0.15, 0.2) is 6.07 Å². The summed E-state index contributed by atoms with van der Waals surface area (Å²) >= 11 is 5.41. The number of rotatable bonds is 2. The van der Waals surface area contributed by atoms with Gasteiger partial charge in [0.2, 0.25) is 0 Å². The highest BCUT2D eigenvalue weighted by Crippen LogP contribution is 2.30. The fourth-order valence-electron chi connectivity index (χ4n) is 0.736. The average molecular weight is 219 g/mol. The summed E-state index contributed by atoms with van der Waals surface area (Å²) in [6.45, 7) is 0. The molecule has 74 valence electrons. The van der Waals surface area contributed by atoms with Crippen LogP contribution in [0.4, 0.5) is 17.3 Å². The molecule has 2 N–H and O–H groups in total. The molecule has 9 heteroatoms. The van der Waals surface area contributed by atoms with E-state index in [1.165, 1.54) is 0 Å². The van der Waals surface area contributed by atoms with Gasteiger partial charge in [-0.3, -0.25) is 0 Å². The van der Waals surface area contributed by atoms with Gasteiger partial charge in [-0.25, -0.2) is 0 Å². The van der Waals surface area contributed by atoms with E-state index in [9.17, 15) is 20.2 Å². The minimum absolute atomic E-state index is 0.250. The lowest BCUT2D eigenvalue weighted by Crippen LogP contribution is -2.01. The summed E-state index contributed by atoms with van der Waals surface area (Å²) in [7, 11) is 0. The van der Waals surface area contributed by atoms with Crippen LogP contribution in [-0.4, -0.2) is 14.8 Å². The quantitative estimate of drug-likeness (QED) is 0.586. The number of aromatic nitrogens is 1. The van der Waals surface area contributed by atoms with Gasteiger partial charge in [0.25, 0.3) is 0 Å². The highest BCUT2D eigenvalue weighted by atomic mass is 35.5. The zero-order valence-electron chi connectivity index (χ0n) is 6.51. The first-order chi connectivity index (χ1) is 6.43. The summed E-state index contributed by atoms with van der Waals surface area (Å²) in [5, 5.41) is 20.2. The molecular weight excluding hydrogens is 216 g/mol. The number of anilines is 1. The van der Waals surface area contributed by atoms with Crippen LogP contribution in [0.3, 0.4) is 0 Å². The second-order valence-electron chi connectivity index (χ2n) is 2.22. The normalized spacial score (nSPS) is 9.79. The van der Waals surface area contributed by atoms with Crippen LogP contribution >= 0.6 is 11.6 Å². The lowest BCUT2D eigenvalue weighted by atomic mass is 10.4. The minimum atomic E-state index is -0.939. The SMILES string of the molecule is Nc1cc([N+](=O)[O-])nc([N+](=O)[O-])c1Cl. The van der Waals surface area contributed by atoms with E-state index in [0.29, 0.717) is 0 Å². The lowest BCUT2D eigenvalue weighted by molar-refractivity contribution is -0.402. The van der Waals surface area contributed by atoms with Gasteiger partial charge in [-0.05, 0) is 9.85 Å². The molecule has 0 saturated heterocycles. The van der Waals surface area contributed by atoms with Gasteiger partial charge in [-0.2, -0.15) is 0 Å². The van der Waals surface area contributed by atoms with Gasteiger partial charge in [-0.15, -0.1) is 0 Å². The number of hydrogen-bond donors (Lipinski definition) is 1. The minimum Gasteiger partial charge on any atom is -0.397 e. The van der Waals surface area contributed by atoms with Gasteiger partial charge in [-0.1, -0.05) is 11.6 Å². The summed E-state index contributed by atoms with van der Waals surface area (Å²) in [4.78, 5) is 21.9. The van der Waals surface area contributed by atoms with Gasteiger partial charge in [0, 0.05) is 4.98 Å². The summed E-state index contributed by atoms with van der Waals surface area (Å²) in [6.07, 6.45) is 0. The first kappa shape index (κ1) is 10.1. The number of nitrogen functional groups attached to an aromatic ring is 1. The van der Waals surface area contributed by atoms with Crippen LogP contribution in [0.25, 0.3) is 0 Å². The zero-order chi connectivity index (χ0) is 10.9. The standard InChI is InChI=1S/C5H3ClN4O4/c6-4-2(7)1-3(9(11)12)8-5(4)10(13)14/h1H,(H2,7,8). The molecule has 0 spiro atoms. The van der Waals surface area contributed by atoms with Crippen molar-refractivity contribution in [3.63, 3.8) is 0 Å². The largest absolute Gasteiger partial charge is 0.397 e. The lowest BCUT2D eigenvalue weighted by Gasteiger charge is -1.99. The molecule has 0 radical (unpaired) electrons. The van der Waals surface area contributed by atoms with Crippen LogP contribution in [0.5, 0.6) is 0 Å². The number of nitrogens with zero attached hydrogens (tertiary/aromatic N) is 3. The molecule has 1 heterocycles. The molecule has 0 aliphatic carbocycles. The molecule has 0 aliphatic heterocycles. The smallest absolute Gasteiger partial charge is 0.389 e. The maximum absolute atomic E-state index is 10.3. The van der Waals surface area contributed by atoms with Crippen molar-refractivity contribution in [3.05, 3.63) is 31.3 Å². The van der Waals surface area contributed by atoms with Gasteiger partial charge in [0.05, 0.1) is 11.8 Å². The van der Waals surface area contributed by atoms with Gasteiger partial charge in [0.1, 0.15) is 0 Å². The summed E-state index contributed by atoms with van der Waals surface area (Å²) in [5.74, 6) is -1.53. The molecule has 0 saturated carbocycles. The Morgan fingerprint density at radius 1 is 1.36 bits per heavy atom. The maximum Gasteiger partial charge on any atom is 0.389 e. The predicted molar refractivity (Wildman–Crippen MR) is 47.0 cm³/mol. The molecule has 0 fully saturated rings. The Balaban J connectivity index is 3.43. The third-order valence-electron chi connectivity index (χ3n) is 1.31. The van der Waals surface area contributed by atoms with E-state index in [-0.39, 0.29) is 5.69 Å². The molecule has 8 nitrogen and oxygen atoms in total. The number of halogens is 1. The van der Waals surface area contributed by atoms with E-state index in [4.69, 9.17) is 17.3 Å². The van der Waals surface area contributed by atoms with E-state index in [2.05, 4.69) is 4.98 Å². The first-order valence-electron chi connectivity index (χ1n) is 3.18. The molecule has 0 bridgehead atoms. The number of pyridine rings is 1. The highest BCUT2D eigenvalue weighted by molar-refractivity contribution is 6.34. The van der Waals surface area contributed by atoms with Crippen LogP contribution in [-0.2, 0) is 0 Å². The number of hydrogen-bond acceptors (Lipinski definition) is 6. The Morgan fingerprint density at radius 3 is 2.36 bits per heavy atom. The van der Waals surface area contributed by atoms with E-state index in [0.717, 1.165) is 6.07 Å². The Kier molecular flexibility index (Phi) is 2.47. The molecule has 14 heavy (non-hydrogen) atoms. The van der Waals surface area contributed by atoms with Crippen LogP contribution < -0.4 is 5.73 Å². The fourth-order valence-corrected chi connectivity index (χ4v) is 0.902. The number of nitrogens with two attached hydrogens (primary N) is 1. The number of nitro groups is 2. The van der Waals surface area contributed by atoms with Crippen molar-refractivity contribution in [2.24, 2.45) is 0 Å². The van der Waals surface area contributed by atoms with E-state index >= 15 is 0 Å². The molecule has 0 unspecified atom stereocenters. The van der Waals surface area contributed by atoms with E-state index in [1.54, 1.807) is 0 Å². The zero-order valence-corrected chi connectivity index (χ0v) is 7.26. The average Bonchev–Trinajstić information content (AvgIpc) is 2.08. The van der Waals surface area contributed by atoms with E-state index < -0.39 is 26.5 Å². The molecule has 1 aromatic heterocycles. The third kappa shape index (κ3) is 1.69. The Morgan fingerprint density at radius 2 is 1.93 bits per heavy atom. The van der Waals surface area contributed by atoms with Crippen LogP contribution in [0.1, 0.15) is 0 Å². The second kappa shape index (κ2) is 3.42. The van der Waals surface area contributed by atoms with Crippen LogP contribution in [0.2, 0.25) is 5.02 Å². The fraction of sp³-hybridized carbons (Fsp3) is 0. The molecule has 0 amide bonds. The van der Waals surface area contributed by atoms with Crippen molar-refractivity contribution in [2.75, 3.05) is 5.73 Å². The topological polar surface area (TPSA) is 125 Å². The van der Waals surface area contributed by atoms with Gasteiger partial charge in [0.15, 0.2) is 5.02 Å². The molecule has 0 atom stereocenters. The van der Waals surface area contributed by atoms with Gasteiger partial charge < -0.3 is 26.0 Å². The van der Waals surface area contributed by atoms with Crippen molar-refractivity contribution in [2.45, 2.75) is 0 Å². The molecule has 0 aliphatic rings. The second-order valence-corrected chi connectivity index (χ2v) is 2.60. The summed E-state index contributed by atoms with van der Waals surface area (Å²) in [6, 6.07) is 0.856. The third-order valence-corrected chi connectivity index (χ3v) is 1.70. The summed E-state index contributed by atoms with van der Waals surface area (Å²) < 4.78 is 0. The Hall–Kier alpha value is -1.96. The molecular formula is C5H3ClN4O4. The van der Waals surface area contributed by atoms with Crippen LogP contribution in [0, 0.1) is 20.2 Å². The predicted octanol–water partition coefficient (Wildman–Crippen LogP) is 1.13. The highest BCUT2D eigenvalue weighted by Gasteiger charge is 2.22. The monoisotopic (exact) mass is 218 g/mol. The first-order valence-corrected chi connectivity index (χ1v) is 3.56. The van der Waals surface area contributed by atoms with Crippen molar-refractivity contribution in [1.82, 2.24) is 4.98 Å².